The highest BCUT2D eigenvalue weighted by molar-refractivity contribution is 6.08. The van der Waals surface area contributed by atoms with Crippen LogP contribution in [0.4, 0.5) is 0 Å². The molecular weight excluding hydrogens is 392 g/mol. The van der Waals surface area contributed by atoms with E-state index in [-0.39, 0.29) is 22.8 Å². The second kappa shape index (κ2) is 8.98. The van der Waals surface area contributed by atoms with Gasteiger partial charge in [-0.05, 0) is 81.5 Å². The van der Waals surface area contributed by atoms with E-state index in [4.69, 9.17) is 4.74 Å². The first-order chi connectivity index (χ1) is 14.5. The average molecular weight is 423 g/mol. The number of fused-ring (bicyclic) bond motifs is 1. The third-order valence-corrected chi connectivity index (χ3v) is 5.40. The zero-order valence-corrected chi connectivity index (χ0v) is 18.5. The summed E-state index contributed by atoms with van der Waals surface area (Å²) in [5, 5.41) is 30.6. The van der Waals surface area contributed by atoms with Crippen molar-refractivity contribution in [2.24, 2.45) is 0 Å². The Labute approximate surface area is 183 Å². The van der Waals surface area contributed by atoms with Crippen LogP contribution < -0.4 is 4.74 Å². The van der Waals surface area contributed by atoms with Gasteiger partial charge in [-0.15, -0.1) is 0 Å². The second-order valence-electron chi connectivity index (χ2n) is 8.85. The number of carbonyl (C=O) groups excluding carboxylic acids is 1. The molecular formula is C26H30O5. The fraction of sp³-hybridized carbons (Fsp3) is 0.346. The summed E-state index contributed by atoms with van der Waals surface area (Å²) in [6.45, 7) is 7.42. The van der Waals surface area contributed by atoms with Crippen LogP contribution in [0.25, 0.3) is 6.08 Å². The Kier molecular flexibility index (Phi) is 6.56. The summed E-state index contributed by atoms with van der Waals surface area (Å²) >= 11 is 0. The molecule has 5 nitrogen and oxygen atoms in total. The Morgan fingerprint density at radius 2 is 1.90 bits per heavy atom. The Morgan fingerprint density at radius 1 is 1.16 bits per heavy atom. The summed E-state index contributed by atoms with van der Waals surface area (Å²) in [4.78, 5) is 12.7. The van der Waals surface area contributed by atoms with Crippen molar-refractivity contribution in [3.05, 3.63) is 70.3 Å². The average Bonchev–Trinajstić information content (AvgIpc) is 3.10. The van der Waals surface area contributed by atoms with E-state index in [1.807, 2.05) is 19.9 Å². The number of hydrogen-bond acceptors (Lipinski definition) is 5. The number of rotatable bonds is 7. The summed E-state index contributed by atoms with van der Waals surface area (Å²) in [7, 11) is 0. The van der Waals surface area contributed by atoms with Crippen molar-refractivity contribution >= 4 is 11.9 Å². The molecule has 1 aliphatic heterocycles. The molecule has 0 saturated heterocycles. The predicted octanol–water partition coefficient (Wildman–Crippen LogP) is 4.97. The normalized spacial score (nSPS) is 15.6. The number of aryl methyl sites for hydroxylation is 1. The van der Waals surface area contributed by atoms with Gasteiger partial charge in [-0.1, -0.05) is 23.8 Å². The van der Waals surface area contributed by atoms with Gasteiger partial charge in [0.25, 0.3) is 0 Å². The van der Waals surface area contributed by atoms with Crippen molar-refractivity contribution in [3.8, 4) is 17.2 Å². The molecule has 1 heterocycles. The lowest BCUT2D eigenvalue weighted by atomic mass is 9.95. The summed E-state index contributed by atoms with van der Waals surface area (Å²) in [6.07, 6.45) is 6.79. The topological polar surface area (TPSA) is 87.0 Å². The summed E-state index contributed by atoms with van der Waals surface area (Å²) < 4.78 is 5.72. The number of benzene rings is 2. The van der Waals surface area contributed by atoms with Crippen molar-refractivity contribution < 1.29 is 24.9 Å². The molecule has 5 heteroatoms. The maximum atomic E-state index is 12.7. The second-order valence-corrected chi connectivity index (χ2v) is 8.85. The highest BCUT2D eigenvalue weighted by atomic mass is 16.5. The van der Waals surface area contributed by atoms with Crippen LogP contribution in [0.3, 0.4) is 0 Å². The van der Waals surface area contributed by atoms with Gasteiger partial charge in [0.15, 0.2) is 5.78 Å². The van der Waals surface area contributed by atoms with E-state index in [0.29, 0.717) is 18.6 Å². The fourth-order valence-corrected chi connectivity index (χ4v) is 3.56. The van der Waals surface area contributed by atoms with Crippen LogP contribution in [0.2, 0.25) is 0 Å². The van der Waals surface area contributed by atoms with Gasteiger partial charge in [-0.25, -0.2) is 0 Å². The monoisotopic (exact) mass is 422 g/mol. The van der Waals surface area contributed by atoms with E-state index in [1.54, 1.807) is 38.1 Å². The van der Waals surface area contributed by atoms with Crippen LogP contribution in [0.1, 0.15) is 61.2 Å². The molecule has 0 bridgehead atoms. The van der Waals surface area contributed by atoms with Crippen LogP contribution in [0.15, 0.2) is 48.1 Å². The molecule has 0 amide bonds. The molecule has 3 rings (SSSR count). The van der Waals surface area contributed by atoms with Crippen molar-refractivity contribution in [2.45, 2.75) is 58.7 Å². The Hall–Kier alpha value is -3.05. The smallest absolute Gasteiger partial charge is 0.189 e. The number of allylic oxidation sites excluding steroid dienone is 3. The van der Waals surface area contributed by atoms with Gasteiger partial charge in [0.1, 0.15) is 23.4 Å². The quantitative estimate of drug-likeness (QED) is 0.333. The van der Waals surface area contributed by atoms with Crippen LogP contribution in [0, 0.1) is 0 Å². The first kappa shape index (κ1) is 22.6. The summed E-state index contributed by atoms with van der Waals surface area (Å²) in [5.74, 6) is 0.247. The number of carbonyl (C=O) groups is 1. The summed E-state index contributed by atoms with van der Waals surface area (Å²) in [6, 6.07) is 8.30. The van der Waals surface area contributed by atoms with Gasteiger partial charge in [0, 0.05) is 12.5 Å². The van der Waals surface area contributed by atoms with Gasteiger partial charge in [0.2, 0.25) is 0 Å². The Bertz CT molecular complexity index is 1040. The van der Waals surface area contributed by atoms with Crippen molar-refractivity contribution in [1.29, 1.82) is 0 Å². The minimum absolute atomic E-state index is 0.155. The highest BCUT2D eigenvalue weighted by Crippen LogP contribution is 2.37. The van der Waals surface area contributed by atoms with Crippen molar-refractivity contribution in [1.82, 2.24) is 0 Å². The summed E-state index contributed by atoms with van der Waals surface area (Å²) in [5.41, 5.74) is 2.80. The molecule has 1 unspecified atom stereocenters. The predicted molar refractivity (Wildman–Crippen MR) is 122 cm³/mol. The molecule has 0 radical (unpaired) electrons. The van der Waals surface area contributed by atoms with E-state index in [0.717, 1.165) is 23.1 Å². The zero-order chi connectivity index (χ0) is 22.8. The maximum Gasteiger partial charge on any atom is 0.189 e. The molecule has 31 heavy (non-hydrogen) atoms. The van der Waals surface area contributed by atoms with Crippen LogP contribution in [0.5, 0.6) is 17.2 Å². The lowest BCUT2D eigenvalue weighted by Gasteiger charge is -2.24. The molecule has 164 valence electrons. The number of phenols is 2. The van der Waals surface area contributed by atoms with E-state index in [2.05, 4.69) is 6.08 Å². The zero-order valence-electron chi connectivity index (χ0n) is 18.5. The molecule has 2 aromatic rings. The lowest BCUT2D eigenvalue weighted by molar-refractivity contribution is -0.0230. The van der Waals surface area contributed by atoms with E-state index in [1.165, 1.54) is 17.7 Å². The molecule has 1 atom stereocenters. The first-order valence-electron chi connectivity index (χ1n) is 10.5. The largest absolute Gasteiger partial charge is 0.508 e. The third kappa shape index (κ3) is 5.56. The third-order valence-electron chi connectivity index (χ3n) is 5.40. The van der Waals surface area contributed by atoms with Gasteiger partial charge in [0.05, 0.1) is 11.2 Å². The molecule has 0 aromatic heterocycles. The molecule has 0 saturated carbocycles. The minimum Gasteiger partial charge on any atom is -0.508 e. The number of ketones is 1. The van der Waals surface area contributed by atoms with Gasteiger partial charge < -0.3 is 20.1 Å². The van der Waals surface area contributed by atoms with Crippen LogP contribution >= 0.6 is 0 Å². The van der Waals surface area contributed by atoms with Gasteiger partial charge in [-0.2, -0.15) is 0 Å². The molecule has 1 aliphatic rings. The van der Waals surface area contributed by atoms with Crippen molar-refractivity contribution in [3.63, 3.8) is 0 Å². The number of ether oxygens (including phenoxy) is 1. The minimum atomic E-state index is -1.03. The van der Waals surface area contributed by atoms with E-state index >= 15 is 0 Å². The molecule has 3 N–H and O–H groups in total. The molecule has 0 fully saturated rings. The SMILES string of the molecule is CC(C)=CCCc1cc(C=CC(=O)c2cc3c(cc2O)OC(C(C)(C)O)C3)ccc1O. The molecule has 0 spiro atoms. The highest BCUT2D eigenvalue weighted by Gasteiger charge is 2.35. The van der Waals surface area contributed by atoms with Gasteiger partial charge in [-0.3, -0.25) is 4.79 Å². The van der Waals surface area contributed by atoms with Gasteiger partial charge >= 0.3 is 0 Å². The van der Waals surface area contributed by atoms with E-state index in [9.17, 15) is 20.1 Å². The number of aliphatic hydroxyl groups is 1. The standard InChI is InChI=1S/C26H30O5/c1-16(2)6-5-7-18-12-17(8-10-21(18)27)9-11-22(28)20-13-19-14-25(26(3,4)30)31-24(19)15-23(20)29/h6,8-13,15,25,27,29-30H,5,7,14H2,1-4H3. The molecule has 0 aliphatic carbocycles. The first-order valence-corrected chi connectivity index (χ1v) is 10.5. The van der Waals surface area contributed by atoms with Crippen molar-refractivity contribution in [2.75, 3.05) is 0 Å². The Balaban J connectivity index is 1.76. The fourth-order valence-electron chi connectivity index (χ4n) is 3.56. The van der Waals surface area contributed by atoms with E-state index < -0.39 is 11.7 Å². The van der Waals surface area contributed by atoms with Crippen LogP contribution in [-0.4, -0.2) is 32.8 Å². The number of phenolic OH excluding ortho intramolecular Hbond substituents is 2. The molecule has 2 aromatic carbocycles. The lowest BCUT2D eigenvalue weighted by Crippen LogP contribution is -2.39. The van der Waals surface area contributed by atoms with Crippen LogP contribution in [-0.2, 0) is 12.8 Å². The number of aromatic hydroxyl groups is 2. The number of hydrogen-bond donors (Lipinski definition) is 3. The maximum absolute atomic E-state index is 12.7. The Morgan fingerprint density at radius 3 is 2.58 bits per heavy atom.